The first kappa shape index (κ1) is 18.7. The minimum atomic E-state index is -3.20. The number of anilines is 1. The van der Waals surface area contributed by atoms with Gasteiger partial charge in [0.1, 0.15) is 0 Å². The lowest BCUT2D eigenvalue weighted by Crippen LogP contribution is -2.61. The largest absolute Gasteiger partial charge is 0.368 e. The molecule has 2 heterocycles. The average molecular weight is 365 g/mol. The smallest absolute Gasteiger partial charge is 0.180 e. The Hall–Kier alpha value is -1.07. The molecule has 2 aliphatic rings. The lowest BCUT2D eigenvalue weighted by atomic mass is 9.86. The van der Waals surface area contributed by atoms with Gasteiger partial charge in [0, 0.05) is 24.8 Å². The van der Waals surface area contributed by atoms with Crippen LogP contribution in [0.1, 0.15) is 40.5 Å². The van der Waals surface area contributed by atoms with E-state index in [1.54, 1.807) is 19.9 Å². The fourth-order valence-corrected chi connectivity index (χ4v) is 5.08. The molecule has 0 bridgehead atoms. The molecule has 0 saturated carbocycles. The van der Waals surface area contributed by atoms with Crippen molar-refractivity contribution in [1.29, 1.82) is 0 Å². The van der Waals surface area contributed by atoms with Crippen molar-refractivity contribution >= 4 is 15.5 Å². The molecule has 2 aliphatic heterocycles. The molecule has 0 atom stereocenters. The van der Waals surface area contributed by atoms with Crippen molar-refractivity contribution in [2.24, 2.45) is 11.8 Å². The van der Waals surface area contributed by atoms with Crippen molar-refractivity contribution in [2.45, 2.75) is 56.7 Å². The third kappa shape index (κ3) is 3.87. The molecule has 2 saturated heterocycles. The fraction of sp³-hybridized carbons (Fsp3) is 0.700. The topological polar surface area (TPSA) is 40.6 Å². The molecule has 0 amide bonds. The number of sulfone groups is 1. The summed E-state index contributed by atoms with van der Waals surface area (Å²) in [7, 11) is -3.20. The van der Waals surface area contributed by atoms with Gasteiger partial charge in [0.2, 0.25) is 0 Å². The summed E-state index contributed by atoms with van der Waals surface area (Å²) in [6, 6.07) is 8.08. The van der Waals surface area contributed by atoms with Crippen molar-refractivity contribution in [3.05, 3.63) is 24.3 Å². The molecule has 0 radical (unpaired) electrons. The van der Waals surface area contributed by atoms with Crippen molar-refractivity contribution in [3.63, 3.8) is 0 Å². The molecule has 2 fully saturated rings. The van der Waals surface area contributed by atoms with Gasteiger partial charge in [-0.2, -0.15) is 0 Å². The molecule has 1 aromatic rings. The standard InChI is InChI=1S/C20H32N2O2S/c1-15(2)17-8-10-21(11-9-17)19-13-22(14-19)18-6-5-7-20(12-18)25(23,24)16(3)4/h5-7,12,15-17,19H,8-11,13-14H2,1-4H3. The molecule has 1 aromatic carbocycles. The zero-order chi connectivity index (χ0) is 18.2. The van der Waals surface area contributed by atoms with E-state index in [4.69, 9.17) is 0 Å². The van der Waals surface area contributed by atoms with Gasteiger partial charge >= 0.3 is 0 Å². The highest BCUT2D eigenvalue weighted by atomic mass is 32.2. The van der Waals surface area contributed by atoms with Crippen molar-refractivity contribution < 1.29 is 8.42 Å². The van der Waals surface area contributed by atoms with Crippen LogP contribution in [-0.2, 0) is 9.84 Å². The average Bonchev–Trinajstić information content (AvgIpc) is 2.54. The first-order valence-corrected chi connectivity index (χ1v) is 11.2. The molecule has 0 unspecified atom stereocenters. The minimum Gasteiger partial charge on any atom is -0.368 e. The minimum absolute atomic E-state index is 0.380. The highest BCUT2D eigenvalue weighted by Gasteiger charge is 2.34. The SMILES string of the molecule is CC(C)C1CCN(C2CN(c3cccc(S(=O)(=O)C(C)C)c3)C2)CC1. The van der Waals surface area contributed by atoms with Gasteiger partial charge < -0.3 is 4.90 Å². The van der Waals surface area contributed by atoms with Crippen LogP contribution in [0.5, 0.6) is 0 Å². The molecular weight excluding hydrogens is 332 g/mol. The molecule has 4 nitrogen and oxygen atoms in total. The highest BCUT2D eigenvalue weighted by Crippen LogP contribution is 2.31. The van der Waals surface area contributed by atoms with Gasteiger partial charge in [-0.25, -0.2) is 8.42 Å². The Morgan fingerprint density at radius 3 is 2.24 bits per heavy atom. The second kappa shape index (κ2) is 7.28. The molecule has 25 heavy (non-hydrogen) atoms. The first-order valence-electron chi connectivity index (χ1n) is 9.62. The molecule has 5 heteroatoms. The van der Waals surface area contributed by atoms with Crippen molar-refractivity contribution in [1.82, 2.24) is 4.90 Å². The fourth-order valence-electron chi connectivity index (χ4n) is 3.98. The van der Waals surface area contributed by atoms with Crippen LogP contribution in [0.4, 0.5) is 5.69 Å². The summed E-state index contributed by atoms with van der Waals surface area (Å²) >= 11 is 0. The number of likely N-dealkylation sites (tertiary alicyclic amines) is 1. The lowest BCUT2D eigenvalue weighted by molar-refractivity contribution is 0.0987. The quantitative estimate of drug-likeness (QED) is 0.803. The van der Waals surface area contributed by atoms with Gasteiger partial charge in [0.15, 0.2) is 9.84 Å². The number of benzene rings is 1. The summed E-state index contributed by atoms with van der Waals surface area (Å²) in [5.41, 5.74) is 1.04. The maximum atomic E-state index is 12.4. The van der Waals surface area contributed by atoms with Gasteiger partial charge in [-0.3, -0.25) is 4.90 Å². The molecule has 0 aromatic heterocycles. The number of nitrogens with zero attached hydrogens (tertiary/aromatic N) is 2. The van der Waals surface area contributed by atoms with Crippen LogP contribution in [0.2, 0.25) is 0 Å². The van der Waals surface area contributed by atoms with Gasteiger partial charge in [0.25, 0.3) is 0 Å². The van der Waals surface area contributed by atoms with E-state index in [9.17, 15) is 8.42 Å². The molecule has 0 N–H and O–H groups in total. The number of hydrogen-bond acceptors (Lipinski definition) is 4. The number of rotatable bonds is 5. The van der Waals surface area contributed by atoms with E-state index >= 15 is 0 Å². The van der Waals surface area contributed by atoms with Crippen LogP contribution in [0.15, 0.2) is 29.2 Å². The van der Waals surface area contributed by atoms with E-state index in [0.29, 0.717) is 10.9 Å². The van der Waals surface area contributed by atoms with E-state index in [1.807, 2.05) is 18.2 Å². The molecule has 140 valence electrons. The van der Waals surface area contributed by atoms with Crippen LogP contribution in [-0.4, -0.2) is 50.8 Å². The Labute approximate surface area is 153 Å². The number of piperidine rings is 1. The van der Waals surface area contributed by atoms with Crippen molar-refractivity contribution in [3.8, 4) is 0 Å². The normalized spacial score (nSPS) is 21.1. The van der Waals surface area contributed by atoms with Crippen LogP contribution < -0.4 is 4.90 Å². The maximum absolute atomic E-state index is 12.4. The van der Waals surface area contributed by atoms with E-state index in [2.05, 4.69) is 23.6 Å². The highest BCUT2D eigenvalue weighted by molar-refractivity contribution is 7.92. The van der Waals surface area contributed by atoms with Gasteiger partial charge in [-0.1, -0.05) is 19.9 Å². The van der Waals surface area contributed by atoms with Gasteiger partial charge in [-0.05, 0) is 69.8 Å². The Morgan fingerprint density at radius 1 is 1.04 bits per heavy atom. The maximum Gasteiger partial charge on any atom is 0.180 e. The zero-order valence-electron chi connectivity index (χ0n) is 16.0. The summed E-state index contributed by atoms with van der Waals surface area (Å²) in [5, 5.41) is -0.380. The van der Waals surface area contributed by atoms with Crippen LogP contribution in [0.25, 0.3) is 0 Å². The lowest BCUT2D eigenvalue weighted by Gasteiger charge is -2.49. The van der Waals surface area contributed by atoms with E-state index in [-0.39, 0.29) is 5.25 Å². The molecule has 3 rings (SSSR count). The summed E-state index contributed by atoms with van der Waals surface area (Å²) < 4.78 is 24.8. The summed E-state index contributed by atoms with van der Waals surface area (Å²) in [5.74, 6) is 1.68. The van der Waals surface area contributed by atoms with Crippen LogP contribution in [0.3, 0.4) is 0 Å². The molecule has 0 spiro atoms. The molecule has 0 aliphatic carbocycles. The Bertz CT molecular complexity index is 685. The van der Waals surface area contributed by atoms with E-state index in [1.165, 1.54) is 25.9 Å². The van der Waals surface area contributed by atoms with Crippen LogP contribution >= 0.6 is 0 Å². The third-order valence-corrected chi connectivity index (χ3v) is 8.18. The predicted octanol–water partition coefficient (Wildman–Crippen LogP) is 3.43. The first-order chi connectivity index (χ1) is 11.8. The Morgan fingerprint density at radius 2 is 1.68 bits per heavy atom. The Kier molecular flexibility index (Phi) is 5.45. The summed E-state index contributed by atoms with van der Waals surface area (Å²) in [4.78, 5) is 5.38. The van der Waals surface area contributed by atoms with Gasteiger partial charge in [0.05, 0.1) is 10.1 Å². The Balaban J connectivity index is 1.59. The number of hydrogen-bond donors (Lipinski definition) is 0. The molecular formula is C20H32N2O2S. The predicted molar refractivity (Wildman–Crippen MR) is 104 cm³/mol. The van der Waals surface area contributed by atoms with E-state index in [0.717, 1.165) is 30.6 Å². The third-order valence-electron chi connectivity index (χ3n) is 6.03. The monoisotopic (exact) mass is 364 g/mol. The summed E-state index contributed by atoms with van der Waals surface area (Å²) in [6.45, 7) is 12.6. The van der Waals surface area contributed by atoms with Gasteiger partial charge in [-0.15, -0.1) is 0 Å². The second-order valence-electron chi connectivity index (χ2n) is 8.27. The van der Waals surface area contributed by atoms with Crippen LogP contribution in [0, 0.1) is 11.8 Å². The summed E-state index contributed by atoms with van der Waals surface area (Å²) in [6.07, 6.45) is 2.63. The van der Waals surface area contributed by atoms with E-state index < -0.39 is 9.84 Å². The second-order valence-corrected chi connectivity index (χ2v) is 10.8. The van der Waals surface area contributed by atoms with Crippen molar-refractivity contribution in [2.75, 3.05) is 31.1 Å². The zero-order valence-corrected chi connectivity index (χ0v) is 16.8.